The molecule has 1 saturated heterocycles. The number of hydrogen-bond donors (Lipinski definition) is 2. The van der Waals surface area contributed by atoms with Gasteiger partial charge in [-0.05, 0) is 42.9 Å². The third-order valence-corrected chi connectivity index (χ3v) is 5.02. The predicted octanol–water partition coefficient (Wildman–Crippen LogP) is 3.44. The molecule has 1 amide bonds. The van der Waals surface area contributed by atoms with Crippen LogP contribution in [0, 0.1) is 0 Å². The average molecular weight is 437 g/mol. The van der Waals surface area contributed by atoms with E-state index in [-0.39, 0.29) is 12.2 Å². The summed E-state index contributed by atoms with van der Waals surface area (Å²) >= 11 is 5.46. The van der Waals surface area contributed by atoms with E-state index in [2.05, 4.69) is 15.6 Å². The van der Waals surface area contributed by atoms with Gasteiger partial charge in [0.25, 0.3) is 0 Å². The van der Waals surface area contributed by atoms with Crippen LogP contribution in [-0.2, 0) is 11.0 Å². The fraction of sp³-hybridized carbons (Fsp3) is 0.350. The predicted molar refractivity (Wildman–Crippen MR) is 113 cm³/mol. The van der Waals surface area contributed by atoms with Gasteiger partial charge in [-0.15, -0.1) is 0 Å². The number of para-hydroxylation sites is 1. The van der Waals surface area contributed by atoms with Crippen molar-refractivity contribution in [3.8, 4) is 0 Å². The van der Waals surface area contributed by atoms with Gasteiger partial charge in [-0.1, -0.05) is 12.1 Å². The molecule has 0 atom stereocenters. The standard InChI is InChI=1S/C20H22F3N5OS/c21-20(22,23)16-6-1-2-7-17(16)26-18(29)14-27-9-4-10-28(12-11-27)19(30)25-15-5-3-8-24-13-15/h1-3,5-8,13H,4,9-12,14H2,(H,25,30)(H,26,29). The van der Waals surface area contributed by atoms with Crippen molar-refractivity contribution in [3.63, 3.8) is 0 Å². The van der Waals surface area contributed by atoms with Crippen LogP contribution in [0.4, 0.5) is 24.5 Å². The van der Waals surface area contributed by atoms with Gasteiger partial charge in [0.15, 0.2) is 5.11 Å². The molecular formula is C20H22F3N5OS. The summed E-state index contributed by atoms with van der Waals surface area (Å²) in [6, 6.07) is 8.65. The first kappa shape index (κ1) is 22.0. The molecule has 0 unspecified atom stereocenters. The number of aromatic nitrogens is 1. The Bertz CT molecular complexity index is 878. The summed E-state index contributed by atoms with van der Waals surface area (Å²) in [6.07, 6.45) is -0.388. The average Bonchev–Trinajstić information content (AvgIpc) is 2.94. The lowest BCUT2D eigenvalue weighted by molar-refractivity contribution is -0.137. The zero-order valence-corrected chi connectivity index (χ0v) is 17.0. The number of carbonyl (C=O) groups excluding carboxylic acids is 1. The van der Waals surface area contributed by atoms with Crippen molar-refractivity contribution in [2.45, 2.75) is 12.6 Å². The number of hydrogen-bond acceptors (Lipinski definition) is 4. The third kappa shape index (κ3) is 6.14. The topological polar surface area (TPSA) is 60.5 Å². The van der Waals surface area contributed by atoms with E-state index in [9.17, 15) is 18.0 Å². The van der Waals surface area contributed by atoms with E-state index in [1.54, 1.807) is 12.4 Å². The molecule has 0 radical (unpaired) electrons. The Kier molecular flexibility index (Phi) is 7.22. The van der Waals surface area contributed by atoms with Gasteiger partial charge in [0.2, 0.25) is 5.91 Å². The number of alkyl halides is 3. The number of halogens is 3. The van der Waals surface area contributed by atoms with Crippen LogP contribution < -0.4 is 10.6 Å². The van der Waals surface area contributed by atoms with Crippen LogP contribution in [-0.4, -0.2) is 58.5 Å². The van der Waals surface area contributed by atoms with Gasteiger partial charge in [-0.2, -0.15) is 13.2 Å². The minimum absolute atomic E-state index is 0.0167. The first-order valence-corrected chi connectivity index (χ1v) is 9.88. The number of pyridine rings is 1. The summed E-state index contributed by atoms with van der Waals surface area (Å²) in [5, 5.41) is 6.11. The minimum Gasteiger partial charge on any atom is -0.348 e. The molecule has 0 bridgehead atoms. The van der Waals surface area contributed by atoms with Gasteiger partial charge in [-0.3, -0.25) is 14.7 Å². The second-order valence-electron chi connectivity index (χ2n) is 6.88. The largest absolute Gasteiger partial charge is 0.418 e. The lowest BCUT2D eigenvalue weighted by atomic mass is 10.1. The van der Waals surface area contributed by atoms with E-state index in [0.29, 0.717) is 24.7 Å². The van der Waals surface area contributed by atoms with Gasteiger partial charge in [0.05, 0.1) is 29.7 Å². The monoisotopic (exact) mass is 437 g/mol. The summed E-state index contributed by atoms with van der Waals surface area (Å²) in [5.74, 6) is -0.476. The second kappa shape index (κ2) is 9.86. The van der Waals surface area contributed by atoms with E-state index < -0.39 is 17.6 Å². The SMILES string of the molecule is O=C(CN1CCCN(C(=S)Nc2cccnc2)CC1)Nc1ccccc1C(F)(F)F. The molecule has 10 heteroatoms. The smallest absolute Gasteiger partial charge is 0.348 e. The Morgan fingerprint density at radius 1 is 1.07 bits per heavy atom. The molecule has 0 spiro atoms. The highest BCUT2D eigenvalue weighted by molar-refractivity contribution is 7.80. The molecule has 0 saturated carbocycles. The second-order valence-corrected chi connectivity index (χ2v) is 7.27. The maximum Gasteiger partial charge on any atom is 0.418 e. The number of nitrogens with one attached hydrogen (secondary N) is 2. The van der Waals surface area contributed by atoms with Crippen LogP contribution >= 0.6 is 12.2 Å². The van der Waals surface area contributed by atoms with Crippen molar-refractivity contribution in [2.24, 2.45) is 0 Å². The molecule has 1 fully saturated rings. The van der Waals surface area contributed by atoms with Crippen molar-refractivity contribution >= 4 is 34.6 Å². The molecule has 1 aromatic heterocycles. The third-order valence-electron chi connectivity index (χ3n) is 4.66. The van der Waals surface area contributed by atoms with Crippen molar-refractivity contribution in [1.29, 1.82) is 0 Å². The normalized spacial score (nSPS) is 15.4. The molecule has 160 valence electrons. The number of amides is 1. The van der Waals surface area contributed by atoms with Crippen LogP contribution in [0.1, 0.15) is 12.0 Å². The van der Waals surface area contributed by atoms with E-state index >= 15 is 0 Å². The van der Waals surface area contributed by atoms with E-state index in [0.717, 1.165) is 24.7 Å². The van der Waals surface area contributed by atoms with Crippen molar-refractivity contribution in [3.05, 3.63) is 54.4 Å². The van der Waals surface area contributed by atoms with Crippen LogP contribution in [0.3, 0.4) is 0 Å². The first-order valence-electron chi connectivity index (χ1n) is 9.47. The van der Waals surface area contributed by atoms with Gasteiger partial charge < -0.3 is 15.5 Å². The Hall–Kier alpha value is -2.72. The maximum absolute atomic E-state index is 13.1. The molecule has 1 aliphatic heterocycles. The van der Waals surface area contributed by atoms with Crippen LogP contribution in [0.25, 0.3) is 0 Å². The maximum atomic E-state index is 13.1. The van der Waals surface area contributed by atoms with Crippen molar-refractivity contribution in [2.75, 3.05) is 43.4 Å². The Morgan fingerprint density at radius 3 is 2.60 bits per heavy atom. The summed E-state index contributed by atoms with van der Waals surface area (Å²) in [6.45, 7) is 2.58. The minimum atomic E-state index is -4.52. The van der Waals surface area contributed by atoms with Gasteiger partial charge >= 0.3 is 6.18 Å². The van der Waals surface area contributed by atoms with Gasteiger partial charge in [-0.25, -0.2) is 0 Å². The first-order chi connectivity index (χ1) is 14.3. The molecule has 2 heterocycles. The number of carbonyl (C=O) groups is 1. The highest BCUT2D eigenvalue weighted by Gasteiger charge is 2.33. The fourth-order valence-electron chi connectivity index (χ4n) is 3.20. The highest BCUT2D eigenvalue weighted by Crippen LogP contribution is 2.34. The molecular weight excluding hydrogens is 415 g/mol. The number of rotatable bonds is 4. The van der Waals surface area contributed by atoms with Crippen LogP contribution in [0.5, 0.6) is 0 Å². The molecule has 3 rings (SSSR count). The molecule has 2 aromatic rings. The molecule has 1 aliphatic rings. The Morgan fingerprint density at radius 2 is 1.87 bits per heavy atom. The number of anilines is 2. The van der Waals surface area contributed by atoms with E-state index in [1.807, 2.05) is 21.9 Å². The van der Waals surface area contributed by atoms with E-state index in [4.69, 9.17) is 12.2 Å². The summed E-state index contributed by atoms with van der Waals surface area (Å²) < 4.78 is 39.3. The number of nitrogens with zero attached hydrogens (tertiary/aromatic N) is 3. The van der Waals surface area contributed by atoms with Gasteiger partial charge in [0.1, 0.15) is 0 Å². The zero-order valence-electron chi connectivity index (χ0n) is 16.2. The quantitative estimate of drug-likeness (QED) is 0.715. The number of thiocarbonyl (C=S) groups is 1. The lowest BCUT2D eigenvalue weighted by Gasteiger charge is -2.24. The van der Waals surface area contributed by atoms with Crippen molar-refractivity contribution < 1.29 is 18.0 Å². The van der Waals surface area contributed by atoms with Gasteiger partial charge in [0, 0.05) is 32.4 Å². The molecule has 30 heavy (non-hydrogen) atoms. The lowest BCUT2D eigenvalue weighted by Crippen LogP contribution is -2.39. The molecule has 6 nitrogen and oxygen atoms in total. The Labute approximate surface area is 178 Å². The van der Waals surface area contributed by atoms with Crippen LogP contribution in [0.2, 0.25) is 0 Å². The van der Waals surface area contributed by atoms with Crippen LogP contribution in [0.15, 0.2) is 48.8 Å². The summed E-state index contributed by atoms with van der Waals surface area (Å²) in [4.78, 5) is 20.3. The number of benzene rings is 1. The summed E-state index contributed by atoms with van der Waals surface area (Å²) in [7, 11) is 0. The molecule has 0 aliphatic carbocycles. The Balaban J connectivity index is 1.53. The summed E-state index contributed by atoms with van der Waals surface area (Å²) in [5.41, 5.74) is -0.285. The highest BCUT2D eigenvalue weighted by atomic mass is 32.1. The zero-order chi connectivity index (χ0) is 21.6. The fourth-order valence-corrected chi connectivity index (χ4v) is 3.50. The molecule has 1 aromatic carbocycles. The van der Waals surface area contributed by atoms with E-state index in [1.165, 1.54) is 18.2 Å². The molecule has 2 N–H and O–H groups in total. The van der Waals surface area contributed by atoms with Crippen molar-refractivity contribution in [1.82, 2.24) is 14.8 Å².